The van der Waals surface area contributed by atoms with Crippen LogP contribution in [-0.4, -0.2) is 32.0 Å². The Bertz CT molecular complexity index is 1130. The van der Waals surface area contributed by atoms with Gasteiger partial charge in [0.1, 0.15) is 17.2 Å². The molecule has 1 aliphatic rings. The first-order chi connectivity index (χ1) is 12.9. The van der Waals surface area contributed by atoms with E-state index in [1.807, 2.05) is 19.9 Å². The fourth-order valence-corrected chi connectivity index (χ4v) is 3.68. The molecule has 1 aromatic heterocycles. The molecule has 0 radical (unpaired) electrons. The second kappa shape index (κ2) is 6.37. The SMILES string of the molecule is CC(C)c1cc(-c2n[nH]c(=S)n2-c2ccc3c(c2)C=C[NH+]3C)c(O)cc1O. The van der Waals surface area contributed by atoms with Gasteiger partial charge >= 0.3 is 0 Å². The topological polar surface area (TPSA) is 78.5 Å². The van der Waals surface area contributed by atoms with E-state index < -0.39 is 0 Å². The zero-order valence-electron chi connectivity index (χ0n) is 15.3. The fourth-order valence-electron chi connectivity index (χ4n) is 3.44. The summed E-state index contributed by atoms with van der Waals surface area (Å²) in [6, 6.07) is 9.23. The summed E-state index contributed by atoms with van der Waals surface area (Å²) in [5.41, 5.74) is 4.44. The van der Waals surface area contributed by atoms with Crippen LogP contribution in [0.1, 0.15) is 30.9 Å². The van der Waals surface area contributed by atoms with Crippen LogP contribution >= 0.6 is 12.2 Å². The van der Waals surface area contributed by atoms with Gasteiger partial charge in [0.15, 0.2) is 10.6 Å². The molecule has 138 valence electrons. The zero-order chi connectivity index (χ0) is 19.3. The van der Waals surface area contributed by atoms with E-state index in [1.54, 1.807) is 10.6 Å². The van der Waals surface area contributed by atoms with Crippen molar-refractivity contribution in [2.75, 3.05) is 7.05 Å². The molecule has 0 bridgehead atoms. The number of nitrogens with one attached hydrogen (secondary N) is 2. The number of benzene rings is 2. The molecule has 0 spiro atoms. The molecule has 6 nitrogen and oxygen atoms in total. The quantitative estimate of drug-likeness (QED) is 0.525. The van der Waals surface area contributed by atoms with Gasteiger partial charge in [-0.25, -0.2) is 0 Å². The van der Waals surface area contributed by atoms with Crippen molar-refractivity contribution in [2.45, 2.75) is 19.8 Å². The zero-order valence-corrected chi connectivity index (χ0v) is 16.1. The summed E-state index contributed by atoms with van der Waals surface area (Å²) >= 11 is 5.45. The molecule has 2 aromatic carbocycles. The minimum absolute atomic E-state index is 0.0441. The number of hydrogen-bond acceptors (Lipinski definition) is 4. The molecule has 0 saturated carbocycles. The normalized spacial score (nSPS) is 15.5. The molecule has 0 aliphatic carbocycles. The van der Waals surface area contributed by atoms with Gasteiger partial charge in [0, 0.05) is 23.8 Å². The van der Waals surface area contributed by atoms with Gasteiger partial charge in [-0.2, -0.15) is 5.10 Å². The van der Waals surface area contributed by atoms with E-state index in [-0.39, 0.29) is 17.4 Å². The summed E-state index contributed by atoms with van der Waals surface area (Å²) in [5, 5.41) is 27.7. The van der Waals surface area contributed by atoms with Crippen molar-refractivity contribution in [3.8, 4) is 28.6 Å². The van der Waals surface area contributed by atoms with Crippen molar-refractivity contribution in [3.63, 3.8) is 0 Å². The summed E-state index contributed by atoms with van der Waals surface area (Å²) < 4.78 is 2.24. The Hall–Kier alpha value is -2.90. The highest BCUT2D eigenvalue weighted by Gasteiger charge is 2.21. The van der Waals surface area contributed by atoms with Crippen LogP contribution in [0.3, 0.4) is 0 Å². The number of fused-ring (bicyclic) bond motifs is 1. The number of aromatic amines is 1. The number of aromatic hydroxyl groups is 2. The first-order valence-electron chi connectivity index (χ1n) is 8.77. The maximum atomic E-state index is 10.4. The third-order valence-corrected chi connectivity index (χ3v) is 5.19. The maximum absolute atomic E-state index is 10.4. The van der Waals surface area contributed by atoms with Crippen molar-refractivity contribution in [1.82, 2.24) is 14.8 Å². The van der Waals surface area contributed by atoms with E-state index in [4.69, 9.17) is 12.2 Å². The molecular formula is C20H21N4O2S+. The van der Waals surface area contributed by atoms with Crippen LogP contribution in [0, 0.1) is 4.77 Å². The minimum Gasteiger partial charge on any atom is -0.508 e. The van der Waals surface area contributed by atoms with Crippen LogP contribution in [0.4, 0.5) is 5.69 Å². The number of aromatic nitrogens is 3. The highest BCUT2D eigenvalue weighted by molar-refractivity contribution is 7.71. The molecule has 27 heavy (non-hydrogen) atoms. The Labute approximate surface area is 162 Å². The number of phenols is 2. The van der Waals surface area contributed by atoms with Crippen LogP contribution < -0.4 is 4.90 Å². The highest BCUT2D eigenvalue weighted by Crippen LogP contribution is 2.38. The Morgan fingerprint density at radius 2 is 1.93 bits per heavy atom. The molecule has 1 atom stereocenters. The van der Waals surface area contributed by atoms with Gasteiger partial charge in [0.2, 0.25) is 0 Å². The molecule has 4 N–H and O–H groups in total. The standard InChI is InChI=1S/C20H20N4O2S/c1-11(2)14-9-15(18(26)10-17(14)25)19-21-22-20(27)24(19)13-4-5-16-12(8-13)6-7-23(16)3/h4-11,25-26H,1-3H3,(H,22,27)/p+1. The second-order valence-corrected chi connectivity index (χ2v) is 7.45. The Morgan fingerprint density at radius 1 is 1.15 bits per heavy atom. The van der Waals surface area contributed by atoms with Gasteiger partial charge < -0.3 is 10.2 Å². The molecule has 1 aliphatic heterocycles. The molecule has 2 heterocycles. The van der Waals surface area contributed by atoms with Crippen molar-refractivity contribution >= 4 is 24.0 Å². The minimum atomic E-state index is -0.0441. The Kier molecular flexibility index (Phi) is 4.13. The van der Waals surface area contributed by atoms with E-state index in [0.29, 0.717) is 16.2 Å². The summed E-state index contributed by atoms with van der Waals surface area (Å²) in [6.07, 6.45) is 4.16. The summed E-state index contributed by atoms with van der Waals surface area (Å²) in [5.74, 6) is 0.628. The fraction of sp³-hybridized carbons (Fsp3) is 0.200. The lowest BCUT2D eigenvalue weighted by molar-refractivity contribution is -0.746. The highest BCUT2D eigenvalue weighted by atomic mass is 32.1. The number of phenolic OH excluding ortho intramolecular Hbond substituents is 2. The van der Waals surface area contributed by atoms with Gasteiger partial charge in [0.05, 0.1) is 24.5 Å². The third-order valence-electron chi connectivity index (χ3n) is 4.91. The predicted octanol–water partition coefficient (Wildman–Crippen LogP) is 3.26. The number of nitrogens with zero attached hydrogens (tertiary/aromatic N) is 2. The molecule has 4 rings (SSSR count). The first-order valence-corrected chi connectivity index (χ1v) is 9.17. The van der Waals surface area contributed by atoms with E-state index in [2.05, 4.69) is 41.7 Å². The van der Waals surface area contributed by atoms with Crippen LogP contribution in [0.15, 0.2) is 36.5 Å². The Balaban J connectivity index is 1.91. The van der Waals surface area contributed by atoms with Gasteiger partial charge in [-0.1, -0.05) is 13.8 Å². The van der Waals surface area contributed by atoms with Crippen LogP contribution in [-0.2, 0) is 0 Å². The molecule has 0 saturated heterocycles. The van der Waals surface area contributed by atoms with Crippen LogP contribution in [0.2, 0.25) is 0 Å². The first kappa shape index (κ1) is 17.5. The smallest absolute Gasteiger partial charge is 0.200 e. The molecule has 0 amide bonds. The van der Waals surface area contributed by atoms with E-state index in [0.717, 1.165) is 16.8 Å². The molecular weight excluding hydrogens is 360 g/mol. The Morgan fingerprint density at radius 3 is 2.67 bits per heavy atom. The number of quaternary nitrogens is 1. The lowest BCUT2D eigenvalue weighted by Gasteiger charge is -2.14. The monoisotopic (exact) mass is 381 g/mol. The number of hydrogen-bond donors (Lipinski definition) is 4. The largest absolute Gasteiger partial charge is 0.508 e. The molecule has 0 fully saturated rings. The van der Waals surface area contributed by atoms with Crippen LogP contribution in [0.25, 0.3) is 23.2 Å². The third kappa shape index (κ3) is 2.85. The maximum Gasteiger partial charge on any atom is 0.200 e. The van der Waals surface area contributed by atoms with Gasteiger partial charge in [0.25, 0.3) is 0 Å². The van der Waals surface area contributed by atoms with E-state index in [1.165, 1.54) is 16.7 Å². The molecule has 1 unspecified atom stereocenters. The van der Waals surface area contributed by atoms with Gasteiger partial charge in [-0.3, -0.25) is 14.6 Å². The van der Waals surface area contributed by atoms with Crippen molar-refractivity contribution < 1.29 is 15.1 Å². The summed E-state index contributed by atoms with van der Waals surface area (Å²) in [4.78, 5) is 1.23. The van der Waals surface area contributed by atoms with Crippen LogP contribution in [0.5, 0.6) is 11.5 Å². The van der Waals surface area contributed by atoms with Gasteiger partial charge in [-0.05, 0) is 41.9 Å². The van der Waals surface area contributed by atoms with E-state index in [9.17, 15) is 10.2 Å². The summed E-state index contributed by atoms with van der Waals surface area (Å²) in [7, 11) is 2.08. The lowest BCUT2D eigenvalue weighted by atomic mass is 9.98. The second-order valence-electron chi connectivity index (χ2n) is 7.06. The molecule has 7 heteroatoms. The van der Waals surface area contributed by atoms with Gasteiger partial charge in [-0.15, -0.1) is 0 Å². The average Bonchev–Trinajstić information content (AvgIpc) is 3.17. The summed E-state index contributed by atoms with van der Waals surface area (Å²) in [6.45, 7) is 3.97. The predicted molar refractivity (Wildman–Crippen MR) is 107 cm³/mol. The molecule has 3 aromatic rings. The number of rotatable bonds is 3. The van der Waals surface area contributed by atoms with Crippen molar-refractivity contribution in [1.29, 1.82) is 0 Å². The van der Waals surface area contributed by atoms with E-state index >= 15 is 0 Å². The van der Waals surface area contributed by atoms with Crippen molar-refractivity contribution in [2.24, 2.45) is 0 Å². The average molecular weight is 381 g/mol. The number of H-pyrrole nitrogens is 1. The van der Waals surface area contributed by atoms with Crippen molar-refractivity contribution in [3.05, 3.63) is 52.4 Å². The lowest BCUT2D eigenvalue weighted by Crippen LogP contribution is -2.97.